The highest BCUT2D eigenvalue weighted by Crippen LogP contribution is 2.41. The van der Waals surface area contributed by atoms with Gasteiger partial charge in [0.2, 0.25) is 0 Å². The first-order valence-electron chi connectivity index (χ1n) is 16.0. The molecule has 0 aromatic carbocycles. The zero-order chi connectivity index (χ0) is 25.0. The van der Waals surface area contributed by atoms with Crippen LogP contribution in [0, 0.1) is 35.5 Å². The molecule has 0 aromatic rings. The van der Waals surface area contributed by atoms with Gasteiger partial charge in [-0.2, -0.15) is 0 Å². The maximum absolute atomic E-state index is 12.6. The third-order valence-corrected chi connectivity index (χ3v) is 10.4. The number of esters is 2. The summed E-state index contributed by atoms with van der Waals surface area (Å²) in [5.74, 6) is 3.50. The van der Waals surface area contributed by atoms with Crippen LogP contribution in [0.1, 0.15) is 141 Å². The van der Waals surface area contributed by atoms with Crippen LogP contribution in [0.2, 0.25) is 0 Å². The Morgan fingerprint density at radius 3 is 0.944 bits per heavy atom. The predicted molar refractivity (Wildman–Crippen MR) is 144 cm³/mol. The number of carbonyl (C=O) groups is 2. The zero-order valence-corrected chi connectivity index (χ0v) is 23.1. The first-order valence-corrected chi connectivity index (χ1v) is 16.0. The van der Waals surface area contributed by atoms with Gasteiger partial charge in [0.15, 0.2) is 0 Å². The Hall–Kier alpha value is -1.06. The second-order valence-corrected chi connectivity index (χ2v) is 12.8. The molecule has 0 aliphatic heterocycles. The standard InChI is InChI=1S/C32H54O4/c33-31(35-23-29(25-13-5-1-6-14-25)26-15-7-2-8-16-26)21-22-32(34)36-24-30(27-17-9-3-10-18-27)28-19-11-4-12-20-28/h25-30H,1-24H2. The third-order valence-electron chi connectivity index (χ3n) is 10.4. The van der Waals surface area contributed by atoms with Crippen LogP contribution in [0.25, 0.3) is 0 Å². The van der Waals surface area contributed by atoms with E-state index in [1.807, 2.05) is 0 Å². The number of carbonyl (C=O) groups excluding carboxylic acids is 2. The van der Waals surface area contributed by atoms with Crippen molar-refractivity contribution in [3.8, 4) is 0 Å². The van der Waals surface area contributed by atoms with Gasteiger partial charge in [0.25, 0.3) is 0 Å². The molecule has 0 saturated heterocycles. The Bertz CT molecular complexity index is 545. The molecule has 4 heteroatoms. The highest BCUT2D eigenvalue weighted by Gasteiger charge is 2.34. The monoisotopic (exact) mass is 502 g/mol. The lowest BCUT2D eigenvalue weighted by molar-refractivity contribution is -0.153. The van der Waals surface area contributed by atoms with E-state index in [-0.39, 0.29) is 24.8 Å². The van der Waals surface area contributed by atoms with E-state index >= 15 is 0 Å². The molecule has 4 saturated carbocycles. The Kier molecular flexibility index (Phi) is 11.9. The highest BCUT2D eigenvalue weighted by atomic mass is 16.5. The lowest BCUT2D eigenvalue weighted by atomic mass is 9.70. The molecule has 0 atom stereocenters. The summed E-state index contributed by atoms with van der Waals surface area (Å²) in [4.78, 5) is 25.2. The minimum atomic E-state index is -0.209. The number of hydrogen-bond donors (Lipinski definition) is 0. The first kappa shape index (κ1) is 28.0. The van der Waals surface area contributed by atoms with Crippen LogP contribution in [-0.2, 0) is 19.1 Å². The number of hydrogen-bond acceptors (Lipinski definition) is 4. The molecular weight excluding hydrogens is 448 g/mol. The van der Waals surface area contributed by atoms with Crippen molar-refractivity contribution in [3.05, 3.63) is 0 Å². The van der Waals surface area contributed by atoms with Gasteiger partial charge < -0.3 is 9.47 Å². The third kappa shape index (κ3) is 8.76. The molecule has 4 aliphatic carbocycles. The van der Waals surface area contributed by atoms with Crippen molar-refractivity contribution in [1.82, 2.24) is 0 Å². The maximum Gasteiger partial charge on any atom is 0.306 e. The summed E-state index contributed by atoms with van der Waals surface area (Å²) in [6.45, 7) is 1.13. The molecule has 4 nitrogen and oxygen atoms in total. The summed E-state index contributed by atoms with van der Waals surface area (Å²) in [5.41, 5.74) is 0. The van der Waals surface area contributed by atoms with E-state index in [2.05, 4.69) is 0 Å². The maximum atomic E-state index is 12.6. The Labute approximate surface area is 221 Å². The fourth-order valence-corrected chi connectivity index (χ4v) is 8.29. The molecule has 0 spiro atoms. The van der Waals surface area contributed by atoms with E-state index in [0.717, 1.165) is 23.7 Å². The van der Waals surface area contributed by atoms with E-state index in [4.69, 9.17) is 9.47 Å². The average Bonchev–Trinajstić information content (AvgIpc) is 2.94. The molecule has 0 amide bonds. The fraction of sp³-hybridized carbons (Fsp3) is 0.938. The van der Waals surface area contributed by atoms with Gasteiger partial charge in [-0.3, -0.25) is 9.59 Å². The lowest BCUT2D eigenvalue weighted by Crippen LogP contribution is -2.32. The molecule has 0 radical (unpaired) electrons. The number of ether oxygens (including phenoxy) is 2. The van der Waals surface area contributed by atoms with Crippen LogP contribution in [0.4, 0.5) is 0 Å². The van der Waals surface area contributed by atoms with Crippen LogP contribution in [0.15, 0.2) is 0 Å². The van der Waals surface area contributed by atoms with Gasteiger partial charge >= 0.3 is 11.9 Å². The molecule has 4 rings (SSSR count). The van der Waals surface area contributed by atoms with Crippen molar-refractivity contribution in [1.29, 1.82) is 0 Å². The minimum Gasteiger partial charge on any atom is -0.465 e. The minimum absolute atomic E-state index is 0.165. The van der Waals surface area contributed by atoms with E-state index in [1.54, 1.807) is 0 Å². The van der Waals surface area contributed by atoms with Gasteiger partial charge in [-0.25, -0.2) is 0 Å². The largest absolute Gasteiger partial charge is 0.465 e. The number of rotatable bonds is 11. The van der Waals surface area contributed by atoms with Crippen molar-refractivity contribution >= 4 is 11.9 Å². The van der Waals surface area contributed by atoms with Gasteiger partial charge in [-0.15, -0.1) is 0 Å². The molecule has 36 heavy (non-hydrogen) atoms. The summed E-state index contributed by atoms with van der Waals surface area (Å²) in [7, 11) is 0. The van der Waals surface area contributed by atoms with Gasteiger partial charge in [-0.05, 0) is 35.5 Å². The van der Waals surface area contributed by atoms with Gasteiger partial charge in [0.1, 0.15) is 0 Å². The predicted octanol–water partition coefficient (Wildman–Crippen LogP) is 8.41. The SMILES string of the molecule is O=C(CCC(=O)OCC(C1CCCCC1)C1CCCCC1)OCC(C1CCCCC1)C1CCCCC1. The first-order chi connectivity index (χ1) is 17.7. The smallest absolute Gasteiger partial charge is 0.306 e. The van der Waals surface area contributed by atoms with Crippen LogP contribution in [-0.4, -0.2) is 25.2 Å². The Balaban J connectivity index is 1.20. The zero-order valence-electron chi connectivity index (χ0n) is 23.1. The van der Waals surface area contributed by atoms with E-state index < -0.39 is 0 Å². The molecule has 0 aromatic heterocycles. The quantitative estimate of drug-likeness (QED) is 0.266. The summed E-state index contributed by atoms with van der Waals surface area (Å²) >= 11 is 0. The van der Waals surface area contributed by atoms with Gasteiger partial charge in [-0.1, -0.05) is 128 Å². The second-order valence-electron chi connectivity index (χ2n) is 12.8. The van der Waals surface area contributed by atoms with Gasteiger partial charge in [0, 0.05) is 0 Å². The Morgan fingerprint density at radius 2 is 0.694 bits per heavy atom. The van der Waals surface area contributed by atoms with Crippen molar-refractivity contribution in [2.45, 2.75) is 141 Å². The molecular formula is C32H54O4. The summed E-state index contributed by atoms with van der Waals surface area (Å²) in [5, 5.41) is 0. The molecule has 206 valence electrons. The van der Waals surface area contributed by atoms with Crippen molar-refractivity contribution in [3.63, 3.8) is 0 Å². The molecule has 4 aliphatic rings. The van der Waals surface area contributed by atoms with Crippen molar-refractivity contribution in [2.24, 2.45) is 35.5 Å². The van der Waals surface area contributed by atoms with E-state index in [1.165, 1.54) is 128 Å². The molecule has 0 heterocycles. The van der Waals surface area contributed by atoms with Crippen molar-refractivity contribution in [2.75, 3.05) is 13.2 Å². The topological polar surface area (TPSA) is 52.6 Å². The Morgan fingerprint density at radius 1 is 0.444 bits per heavy atom. The average molecular weight is 503 g/mol. The van der Waals surface area contributed by atoms with Crippen LogP contribution < -0.4 is 0 Å². The molecule has 0 N–H and O–H groups in total. The van der Waals surface area contributed by atoms with Crippen LogP contribution in [0.5, 0.6) is 0 Å². The second kappa shape index (κ2) is 15.4. The van der Waals surface area contributed by atoms with Crippen LogP contribution >= 0.6 is 0 Å². The fourth-order valence-electron chi connectivity index (χ4n) is 8.29. The van der Waals surface area contributed by atoms with Gasteiger partial charge in [0.05, 0.1) is 26.1 Å². The normalized spacial score (nSPS) is 23.7. The van der Waals surface area contributed by atoms with Crippen molar-refractivity contribution < 1.29 is 19.1 Å². The summed E-state index contributed by atoms with van der Waals surface area (Å²) in [6, 6.07) is 0. The molecule has 0 bridgehead atoms. The van der Waals surface area contributed by atoms with E-state index in [9.17, 15) is 9.59 Å². The van der Waals surface area contributed by atoms with Crippen LogP contribution in [0.3, 0.4) is 0 Å². The summed E-state index contributed by atoms with van der Waals surface area (Å²) in [6.07, 6.45) is 26.8. The summed E-state index contributed by atoms with van der Waals surface area (Å²) < 4.78 is 11.7. The highest BCUT2D eigenvalue weighted by molar-refractivity contribution is 5.77. The lowest BCUT2D eigenvalue weighted by Gasteiger charge is -2.37. The molecule has 4 fully saturated rings. The molecule has 0 unspecified atom stereocenters. The van der Waals surface area contributed by atoms with E-state index in [0.29, 0.717) is 25.0 Å².